The Morgan fingerprint density at radius 3 is 2.96 bits per heavy atom. The van der Waals surface area contributed by atoms with E-state index in [-0.39, 0.29) is 22.9 Å². The average Bonchev–Trinajstić information content (AvgIpc) is 3.00. The minimum atomic E-state index is -0.327. The van der Waals surface area contributed by atoms with Crippen LogP contribution in [0.4, 0.5) is 4.39 Å². The van der Waals surface area contributed by atoms with E-state index in [0.29, 0.717) is 16.3 Å². The molecule has 134 valence electrons. The molecule has 3 aromatic rings. The molecule has 1 N–H and O–H groups in total. The summed E-state index contributed by atoms with van der Waals surface area (Å²) in [7, 11) is 0. The number of H-pyrrole nitrogens is 1. The fourth-order valence-electron chi connectivity index (χ4n) is 3.25. The number of nitrogens with zero attached hydrogens (tertiary/aromatic N) is 1. The maximum absolute atomic E-state index is 13.3. The van der Waals surface area contributed by atoms with Crippen molar-refractivity contribution in [2.75, 3.05) is 5.75 Å². The highest BCUT2D eigenvalue weighted by atomic mass is 32.2. The highest BCUT2D eigenvalue weighted by molar-refractivity contribution is 7.99. The van der Waals surface area contributed by atoms with Crippen LogP contribution in [-0.2, 0) is 12.8 Å². The first kappa shape index (κ1) is 17.4. The third-order valence-corrected chi connectivity index (χ3v) is 6.68. The topological polar surface area (TPSA) is 62.8 Å². The van der Waals surface area contributed by atoms with Crippen molar-refractivity contribution in [3.05, 3.63) is 55.9 Å². The minimum Gasteiger partial charge on any atom is -0.301 e. The van der Waals surface area contributed by atoms with Crippen molar-refractivity contribution in [3.8, 4) is 0 Å². The fourth-order valence-corrected chi connectivity index (χ4v) is 5.32. The molecule has 7 heteroatoms. The van der Waals surface area contributed by atoms with Gasteiger partial charge in [-0.05, 0) is 61.9 Å². The van der Waals surface area contributed by atoms with Crippen molar-refractivity contribution in [1.82, 2.24) is 9.97 Å². The smallest absolute Gasteiger partial charge is 0.260 e. The Labute approximate surface area is 157 Å². The molecule has 0 atom stereocenters. The lowest BCUT2D eigenvalue weighted by Crippen LogP contribution is -2.12. The molecule has 4 nitrogen and oxygen atoms in total. The Hall–Kier alpha value is -1.99. The highest BCUT2D eigenvalue weighted by Crippen LogP contribution is 2.34. The van der Waals surface area contributed by atoms with Gasteiger partial charge in [-0.1, -0.05) is 11.8 Å². The molecule has 1 aliphatic carbocycles. The molecule has 0 amide bonds. The molecule has 2 aromatic heterocycles. The number of aromatic nitrogens is 2. The minimum absolute atomic E-state index is 0.119. The molecule has 4 rings (SSSR count). The number of benzene rings is 1. The zero-order valence-electron chi connectivity index (χ0n) is 14.2. The van der Waals surface area contributed by atoms with Gasteiger partial charge in [0.2, 0.25) is 0 Å². The van der Waals surface area contributed by atoms with E-state index in [1.807, 2.05) is 0 Å². The number of thiophene rings is 1. The van der Waals surface area contributed by atoms with E-state index in [1.165, 1.54) is 28.8 Å². The zero-order valence-corrected chi connectivity index (χ0v) is 15.9. The highest BCUT2D eigenvalue weighted by Gasteiger charge is 2.20. The second kappa shape index (κ2) is 6.96. The number of thioether (sulfide) groups is 1. The van der Waals surface area contributed by atoms with Gasteiger partial charge in [0.25, 0.3) is 5.56 Å². The van der Waals surface area contributed by atoms with Gasteiger partial charge in [-0.15, -0.1) is 11.3 Å². The Morgan fingerprint density at radius 1 is 1.35 bits per heavy atom. The lowest BCUT2D eigenvalue weighted by atomic mass is 9.97. The summed E-state index contributed by atoms with van der Waals surface area (Å²) in [5.74, 6) is -0.302. The summed E-state index contributed by atoms with van der Waals surface area (Å²) in [5.41, 5.74) is 1.94. The third-order valence-electron chi connectivity index (χ3n) is 4.62. The molecule has 26 heavy (non-hydrogen) atoms. The molecule has 0 bridgehead atoms. The van der Waals surface area contributed by atoms with E-state index in [2.05, 4.69) is 9.97 Å². The number of carbonyl (C=O) groups is 1. The number of rotatable bonds is 4. The number of nitrogens with one attached hydrogen (secondary N) is 1. The normalized spacial score (nSPS) is 13.8. The largest absolute Gasteiger partial charge is 0.301 e. The van der Waals surface area contributed by atoms with Gasteiger partial charge in [0, 0.05) is 10.4 Å². The zero-order chi connectivity index (χ0) is 18.3. The van der Waals surface area contributed by atoms with Crippen LogP contribution in [0.1, 0.15) is 39.2 Å². The van der Waals surface area contributed by atoms with Crippen molar-refractivity contribution < 1.29 is 9.18 Å². The first-order valence-corrected chi connectivity index (χ1v) is 10.3. The quantitative estimate of drug-likeness (QED) is 0.411. The number of ketones is 1. The van der Waals surface area contributed by atoms with E-state index < -0.39 is 0 Å². The number of fused-ring (bicyclic) bond motifs is 3. The van der Waals surface area contributed by atoms with Crippen LogP contribution < -0.4 is 5.56 Å². The number of aryl methyl sites for hydroxylation is 3. The van der Waals surface area contributed by atoms with Crippen molar-refractivity contribution in [3.63, 3.8) is 0 Å². The molecule has 1 aliphatic rings. The van der Waals surface area contributed by atoms with Gasteiger partial charge in [-0.3, -0.25) is 9.59 Å². The second-order valence-corrected chi connectivity index (χ2v) is 8.49. The van der Waals surface area contributed by atoms with Crippen LogP contribution in [0.3, 0.4) is 0 Å². The first-order valence-electron chi connectivity index (χ1n) is 8.49. The molecule has 0 unspecified atom stereocenters. The molecule has 0 saturated heterocycles. The Kier molecular flexibility index (Phi) is 4.67. The lowest BCUT2D eigenvalue weighted by molar-refractivity contribution is 0.102. The summed E-state index contributed by atoms with van der Waals surface area (Å²) in [6, 6.07) is 4.33. The Bertz CT molecular complexity index is 1070. The summed E-state index contributed by atoms with van der Waals surface area (Å²) in [6.07, 6.45) is 4.22. The van der Waals surface area contributed by atoms with Crippen LogP contribution >= 0.6 is 23.1 Å². The van der Waals surface area contributed by atoms with Crippen LogP contribution in [-0.4, -0.2) is 21.5 Å². The number of Topliss-reactive ketones (excluding diaryl/α,β-unsaturated/α-hetero) is 1. The summed E-state index contributed by atoms with van der Waals surface area (Å²) >= 11 is 2.80. The summed E-state index contributed by atoms with van der Waals surface area (Å²) < 4.78 is 13.3. The molecule has 1 aromatic carbocycles. The van der Waals surface area contributed by atoms with Gasteiger partial charge in [0.05, 0.1) is 11.1 Å². The average molecular weight is 388 g/mol. The van der Waals surface area contributed by atoms with Crippen LogP contribution in [0, 0.1) is 12.7 Å². The summed E-state index contributed by atoms with van der Waals surface area (Å²) in [6.45, 7) is 1.63. The molecule has 0 spiro atoms. The molecule has 2 heterocycles. The number of hydrogen-bond acceptors (Lipinski definition) is 5. The first-order chi connectivity index (χ1) is 12.5. The van der Waals surface area contributed by atoms with E-state index >= 15 is 0 Å². The summed E-state index contributed by atoms with van der Waals surface area (Å²) in [5, 5.41) is 1.17. The van der Waals surface area contributed by atoms with Crippen LogP contribution in [0.25, 0.3) is 10.2 Å². The van der Waals surface area contributed by atoms with Crippen molar-refractivity contribution in [2.24, 2.45) is 0 Å². The van der Waals surface area contributed by atoms with Crippen LogP contribution in [0.2, 0.25) is 0 Å². The van der Waals surface area contributed by atoms with Crippen molar-refractivity contribution in [1.29, 1.82) is 0 Å². The summed E-state index contributed by atoms with van der Waals surface area (Å²) in [4.78, 5) is 34.2. The van der Waals surface area contributed by atoms with Crippen LogP contribution in [0.5, 0.6) is 0 Å². The van der Waals surface area contributed by atoms with E-state index in [0.717, 1.165) is 41.5 Å². The monoisotopic (exact) mass is 388 g/mol. The maximum Gasteiger partial charge on any atom is 0.260 e. The van der Waals surface area contributed by atoms with Crippen molar-refractivity contribution >= 4 is 39.1 Å². The molecular weight excluding hydrogens is 371 g/mol. The third kappa shape index (κ3) is 3.21. The Morgan fingerprint density at radius 2 is 2.15 bits per heavy atom. The number of aromatic amines is 1. The fraction of sp³-hybridized carbons (Fsp3) is 0.316. The SMILES string of the molecule is Cc1cc(C(=O)CSc2nc3sc4c(c3c(=O)[nH]2)CCCC4)ccc1F. The van der Waals surface area contributed by atoms with E-state index in [9.17, 15) is 14.0 Å². The molecule has 0 saturated carbocycles. The number of hydrogen-bond donors (Lipinski definition) is 1. The predicted molar refractivity (Wildman–Crippen MR) is 103 cm³/mol. The second-order valence-electron chi connectivity index (χ2n) is 6.44. The van der Waals surface area contributed by atoms with Gasteiger partial charge in [0.15, 0.2) is 10.9 Å². The van der Waals surface area contributed by atoms with Gasteiger partial charge in [-0.2, -0.15) is 0 Å². The van der Waals surface area contributed by atoms with Crippen molar-refractivity contribution in [2.45, 2.75) is 37.8 Å². The predicted octanol–water partition coefficient (Wildman–Crippen LogP) is 4.29. The molecule has 0 radical (unpaired) electrons. The van der Waals surface area contributed by atoms with E-state index in [4.69, 9.17) is 0 Å². The van der Waals surface area contributed by atoms with Gasteiger partial charge in [-0.25, -0.2) is 9.37 Å². The molecular formula is C19H17FN2O2S2. The van der Waals surface area contributed by atoms with Gasteiger partial charge in [0.1, 0.15) is 10.6 Å². The molecule has 0 aliphatic heterocycles. The van der Waals surface area contributed by atoms with Crippen LogP contribution in [0.15, 0.2) is 28.2 Å². The maximum atomic E-state index is 13.3. The number of carbonyl (C=O) groups excluding carboxylic acids is 1. The molecule has 0 fully saturated rings. The van der Waals surface area contributed by atoms with Gasteiger partial charge >= 0.3 is 0 Å². The Balaban J connectivity index is 1.56. The number of halogens is 1. The van der Waals surface area contributed by atoms with E-state index in [1.54, 1.807) is 24.3 Å². The van der Waals surface area contributed by atoms with Gasteiger partial charge < -0.3 is 4.98 Å². The standard InChI is InChI=1S/C19H17FN2O2S2/c1-10-8-11(6-7-13(10)20)14(23)9-25-19-21-17(24)16-12-4-2-3-5-15(12)26-18(16)22-19/h6-8H,2-5,9H2,1H3,(H,21,22,24). The lowest BCUT2D eigenvalue weighted by Gasteiger charge is -2.09.